The summed E-state index contributed by atoms with van der Waals surface area (Å²) in [7, 11) is -3.85. The van der Waals surface area contributed by atoms with E-state index in [-0.39, 0.29) is 10.6 Å². The number of anilines is 1. The molecule has 1 atom stereocenters. The maximum atomic E-state index is 12.9. The first-order valence-electron chi connectivity index (χ1n) is 8.39. The molecule has 1 unspecified atom stereocenters. The van der Waals surface area contributed by atoms with E-state index < -0.39 is 22.0 Å². The van der Waals surface area contributed by atoms with Crippen LogP contribution >= 0.6 is 27.3 Å². The number of pyridine rings is 1. The van der Waals surface area contributed by atoms with E-state index in [1.54, 1.807) is 18.2 Å². The van der Waals surface area contributed by atoms with Gasteiger partial charge in [0.2, 0.25) is 5.91 Å². The van der Waals surface area contributed by atoms with Crippen LogP contribution in [0.1, 0.15) is 11.3 Å². The predicted molar refractivity (Wildman–Crippen MR) is 114 cm³/mol. The van der Waals surface area contributed by atoms with Gasteiger partial charge in [0, 0.05) is 5.69 Å². The second-order valence-corrected chi connectivity index (χ2v) is 10.5. The Hall–Kier alpha value is -2.07. The summed E-state index contributed by atoms with van der Waals surface area (Å²) in [6.45, 7) is 1.81. The van der Waals surface area contributed by atoms with Crippen LogP contribution < -0.4 is 10.0 Å². The Bertz CT molecular complexity index is 1070. The first-order valence-corrected chi connectivity index (χ1v) is 11.5. The molecular weight excluding hydrogens is 462 g/mol. The maximum Gasteiger partial charge on any atom is 0.250 e. The first kappa shape index (κ1) is 20.7. The molecule has 6 nitrogen and oxygen atoms in total. The Labute approximate surface area is 176 Å². The Morgan fingerprint density at radius 3 is 2.50 bits per heavy atom. The van der Waals surface area contributed by atoms with Crippen LogP contribution in [-0.4, -0.2) is 25.4 Å². The second-order valence-electron chi connectivity index (χ2n) is 6.08. The van der Waals surface area contributed by atoms with E-state index >= 15 is 0 Å². The molecule has 0 saturated heterocycles. The van der Waals surface area contributed by atoms with Crippen LogP contribution in [0.25, 0.3) is 0 Å². The summed E-state index contributed by atoms with van der Waals surface area (Å²) in [5.74, 6) is -0.0951. The Kier molecular flexibility index (Phi) is 6.61. The number of benzene rings is 1. The number of thiophene rings is 1. The van der Waals surface area contributed by atoms with Gasteiger partial charge in [-0.2, -0.15) is 4.72 Å². The van der Waals surface area contributed by atoms with Gasteiger partial charge in [-0.3, -0.25) is 4.79 Å². The minimum atomic E-state index is -3.85. The van der Waals surface area contributed by atoms with Crippen molar-refractivity contribution in [3.05, 3.63) is 75.7 Å². The largest absolute Gasteiger partial charge is 0.309 e. The number of rotatable bonds is 7. The third-order valence-corrected chi connectivity index (χ3v) is 7.44. The lowest BCUT2D eigenvalue weighted by Gasteiger charge is -2.18. The SMILES string of the molecule is Cc1cccc(NC(=O)C(Cc2ccccc2)NS(=O)(=O)c2ccc(Br)s2)n1. The van der Waals surface area contributed by atoms with Gasteiger partial charge in [-0.25, -0.2) is 13.4 Å². The molecule has 0 aliphatic carbocycles. The highest BCUT2D eigenvalue weighted by atomic mass is 79.9. The number of nitrogens with one attached hydrogen (secondary N) is 2. The average Bonchev–Trinajstić information content (AvgIpc) is 3.09. The Morgan fingerprint density at radius 2 is 1.86 bits per heavy atom. The number of carbonyl (C=O) groups is 1. The van der Waals surface area contributed by atoms with Gasteiger partial charge in [0.05, 0.1) is 3.79 Å². The van der Waals surface area contributed by atoms with Gasteiger partial charge in [-0.1, -0.05) is 36.4 Å². The van der Waals surface area contributed by atoms with Gasteiger partial charge in [-0.05, 0) is 59.1 Å². The number of amides is 1. The van der Waals surface area contributed by atoms with Crippen LogP contribution in [0.5, 0.6) is 0 Å². The first-order chi connectivity index (χ1) is 13.3. The van der Waals surface area contributed by atoms with E-state index in [9.17, 15) is 13.2 Å². The molecule has 0 fully saturated rings. The smallest absolute Gasteiger partial charge is 0.250 e. The van der Waals surface area contributed by atoms with Crippen molar-refractivity contribution in [3.8, 4) is 0 Å². The third-order valence-electron chi connectivity index (χ3n) is 3.85. The highest BCUT2D eigenvalue weighted by Gasteiger charge is 2.27. The van der Waals surface area contributed by atoms with Gasteiger partial charge in [0.15, 0.2) is 0 Å². The molecular formula is C19H18BrN3O3S2. The van der Waals surface area contributed by atoms with E-state index in [1.165, 1.54) is 6.07 Å². The zero-order valence-corrected chi connectivity index (χ0v) is 18.1. The molecule has 0 saturated carbocycles. The van der Waals surface area contributed by atoms with Gasteiger partial charge in [0.1, 0.15) is 16.1 Å². The fourth-order valence-electron chi connectivity index (χ4n) is 2.55. The zero-order chi connectivity index (χ0) is 20.1. The highest BCUT2D eigenvalue weighted by molar-refractivity contribution is 9.11. The van der Waals surface area contributed by atoms with E-state index in [1.807, 2.05) is 43.3 Å². The molecule has 0 bridgehead atoms. The number of sulfonamides is 1. The summed E-state index contributed by atoms with van der Waals surface area (Å²) in [6, 6.07) is 16.7. The van der Waals surface area contributed by atoms with Crippen molar-refractivity contribution in [3.63, 3.8) is 0 Å². The molecule has 9 heteroatoms. The lowest BCUT2D eigenvalue weighted by Crippen LogP contribution is -2.45. The standard InChI is InChI=1S/C19H18BrN3O3S2/c1-13-6-5-9-17(21-13)22-19(24)15(12-14-7-3-2-4-8-14)23-28(25,26)18-11-10-16(20)27-18/h2-11,15,23H,12H2,1H3,(H,21,22,24). The van der Waals surface area contributed by atoms with Gasteiger partial charge < -0.3 is 5.32 Å². The maximum absolute atomic E-state index is 12.9. The lowest BCUT2D eigenvalue weighted by atomic mass is 10.1. The van der Waals surface area contributed by atoms with Crippen LogP contribution in [0.2, 0.25) is 0 Å². The van der Waals surface area contributed by atoms with Crippen molar-refractivity contribution in [1.82, 2.24) is 9.71 Å². The summed E-state index contributed by atoms with van der Waals surface area (Å²) < 4.78 is 28.8. The molecule has 146 valence electrons. The molecule has 0 aliphatic rings. The minimum absolute atomic E-state index is 0.138. The van der Waals surface area contributed by atoms with E-state index in [4.69, 9.17) is 0 Å². The molecule has 1 aromatic carbocycles. The fraction of sp³-hybridized carbons (Fsp3) is 0.158. The van der Waals surface area contributed by atoms with Crippen molar-refractivity contribution in [1.29, 1.82) is 0 Å². The van der Waals surface area contributed by atoms with Crippen molar-refractivity contribution in [2.24, 2.45) is 0 Å². The highest BCUT2D eigenvalue weighted by Crippen LogP contribution is 2.26. The Balaban J connectivity index is 1.85. The van der Waals surface area contributed by atoms with Crippen LogP contribution in [0.4, 0.5) is 5.82 Å². The van der Waals surface area contributed by atoms with Crippen LogP contribution in [0, 0.1) is 6.92 Å². The number of hydrogen-bond acceptors (Lipinski definition) is 5. The Morgan fingerprint density at radius 1 is 1.11 bits per heavy atom. The number of hydrogen-bond donors (Lipinski definition) is 2. The van der Waals surface area contributed by atoms with Gasteiger partial charge >= 0.3 is 0 Å². The molecule has 2 heterocycles. The number of nitrogens with zero attached hydrogens (tertiary/aromatic N) is 1. The average molecular weight is 480 g/mol. The monoisotopic (exact) mass is 479 g/mol. The van der Waals surface area contributed by atoms with Crippen molar-refractivity contribution in [2.75, 3.05) is 5.32 Å². The number of aryl methyl sites for hydroxylation is 1. The van der Waals surface area contributed by atoms with Crippen LogP contribution in [-0.2, 0) is 21.2 Å². The van der Waals surface area contributed by atoms with E-state index in [0.29, 0.717) is 9.60 Å². The second kappa shape index (κ2) is 8.95. The quantitative estimate of drug-likeness (QED) is 0.540. The van der Waals surface area contributed by atoms with Crippen LogP contribution in [0.3, 0.4) is 0 Å². The molecule has 0 aliphatic heterocycles. The zero-order valence-electron chi connectivity index (χ0n) is 14.9. The van der Waals surface area contributed by atoms with Crippen molar-refractivity contribution >= 4 is 49.0 Å². The lowest BCUT2D eigenvalue weighted by molar-refractivity contribution is -0.117. The molecule has 3 aromatic rings. The van der Waals surface area contributed by atoms with Crippen molar-refractivity contribution in [2.45, 2.75) is 23.6 Å². The minimum Gasteiger partial charge on any atom is -0.309 e. The van der Waals surface area contributed by atoms with Crippen molar-refractivity contribution < 1.29 is 13.2 Å². The predicted octanol–water partition coefficient (Wildman–Crippen LogP) is 3.74. The summed E-state index contributed by atoms with van der Waals surface area (Å²) in [5.41, 5.74) is 1.59. The fourth-order valence-corrected chi connectivity index (χ4v) is 5.77. The summed E-state index contributed by atoms with van der Waals surface area (Å²) >= 11 is 4.35. The molecule has 3 rings (SSSR count). The van der Waals surface area contributed by atoms with Gasteiger partial charge in [-0.15, -0.1) is 11.3 Å². The third kappa shape index (κ3) is 5.48. The van der Waals surface area contributed by atoms with Gasteiger partial charge in [0.25, 0.3) is 10.0 Å². The molecule has 1 amide bonds. The topological polar surface area (TPSA) is 88.2 Å². The normalized spacial score (nSPS) is 12.5. The number of carbonyl (C=O) groups excluding carboxylic acids is 1. The van der Waals surface area contributed by atoms with Crippen LogP contribution in [0.15, 0.2) is 68.7 Å². The summed E-state index contributed by atoms with van der Waals surface area (Å²) in [6.07, 6.45) is 0.213. The molecule has 28 heavy (non-hydrogen) atoms. The summed E-state index contributed by atoms with van der Waals surface area (Å²) in [4.78, 5) is 17.1. The molecule has 0 radical (unpaired) electrons. The molecule has 2 N–H and O–H groups in total. The summed E-state index contributed by atoms with van der Waals surface area (Å²) in [5, 5.41) is 2.70. The number of aromatic nitrogens is 1. The van der Waals surface area contributed by atoms with E-state index in [2.05, 4.69) is 31.0 Å². The van der Waals surface area contributed by atoms with E-state index in [0.717, 1.165) is 22.6 Å². The number of halogens is 1. The molecule has 0 spiro atoms. The molecule has 2 aromatic heterocycles.